The summed E-state index contributed by atoms with van der Waals surface area (Å²) in [4.78, 5) is 11.8. The Balaban J connectivity index is 1.93. The molecule has 2 atom stereocenters. The van der Waals surface area contributed by atoms with Crippen LogP contribution < -0.4 is 4.72 Å². The fourth-order valence-corrected chi connectivity index (χ4v) is 3.60. The number of benzene rings is 1. The summed E-state index contributed by atoms with van der Waals surface area (Å²) in [5.41, 5.74) is 0. The number of nitrogens with one attached hydrogen (secondary N) is 1. The van der Waals surface area contributed by atoms with Crippen molar-refractivity contribution in [2.45, 2.75) is 36.9 Å². The van der Waals surface area contributed by atoms with Gasteiger partial charge in [-0.05, 0) is 31.9 Å². The molecule has 0 spiro atoms. The zero-order valence-electron chi connectivity index (χ0n) is 12.1. The second-order valence-electron chi connectivity index (χ2n) is 5.01. The van der Waals surface area contributed by atoms with Crippen LogP contribution in [0.2, 0.25) is 5.02 Å². The van der Waals surface area contributed by atoms with Gasteiger partial charge < -0.3 is 9.47 Å². The van der Waals surface area contributed by atoms with Gasteiger partial charge in [0.1, 0.15) is 11.0 Å². The first-order valence-corrected chi connectivity index (χ1v) is 8.80. The van der Waals surface area contributed by atoms with E-state index in [9.17, 15) is 13.2 Å². The lowest BCUT2D eigenvalue weighted by Gasteiger charge is -2.16. The first-order chi connectivity index (χ1) is 10.4. The molecular weight excluding hydrogens is 330 g/mol. The van der Waals surface area contributed by atoms with Crippen molar-refractivity contribution >= 4 is 27.5 Å². The molecule has 1 aliphatic rings. The van der Waals surface area contributed by atoms with Crippen molar-refractivity contribution in [2.75, 3.05) is 13.2 Å². The lowest BCUT2D eigenvalue weighted by Crippen LogP contribution is -2.39. The molecule has 0 radical (unpaired) electrons. The summed E-state index contributed by atoms with van der Waals surface area (Å²) in [6.45, 7) is 2.45. The van der Waals surface area contributed by atoms with E-state index >= 15 is 0 Å². The first-order valence-electron chi connectivity index (χ1n) is 6.94. The van der Waals surface area contributed by atoms with Crippen molar-refractivity contribution in [3.63, 3.8) is 0 Å². The number of hydrogen-bond acceptors (Lipinski definition) is 5. The number of halogens is 1. The first kappa shape index (κ1) is 17.2. The van der Waals surface area contributed by atoms with Crippen LogP contribution in [-0.2, 0) is 24.3 Å². The van der Waals surface area contributed by atoms with Crippen molar-refractivity contribution in [1.82, 2.24) is 4.72 Å². The highest BCUT2D eigenvalue weighted by Gasteiger charge is 2.25. The summed E-state index contributed by atoms with van der Waals surface area (Å²) < 4.78 is 37.0. The van der Waals surface area contributed by atoms with E-state index in [1.54, 1.807) is 6.07 Å². The van der Waals surface area contributed by atoms with Gasteiger partial charge in [0.25, 0.3) is 15.9 Å². The van der Waals surface area contributed by atoms with Crippen LogP contribution in [0.3, 0.4) is 0 Å². The van der Waals surface area contributed by atoms with Crippen LogP contribution in [0.25, 0.3) is 0 Å². The lowest BCUT2D eigenvalue weighted by atomic mass is 10.2. The van der Waals surface area contributed by atoms with Gasteiger partial charge >= 0.3 is 0 Å². The average Bonchev–Trinajstić information content (AvgIpc) is 2.97. The largest absolute Gasteiger partial charge is 0.376 e. The van der Waals surface area contributed by atoms with Gasteiger partial charge in [-0.3, -0.25) is 4.79 Å². The maximum Gasteiger partial charge on any atom is 0.265 e. The molecule has 8 heteroatoms. The number of carbonyl (C=O) groups excluding carboxylic acids is 1. The van der Waals surface area contributed by atoms with Gasteiger partial charge in [-0.2, -0.15) is 0 Å². The molecule has 122 valence electrons. The summed E-state index contributed by atoms with van der Waals surface area (Å²) in [5, 5.41) is 0.0516. The highest BCUT2D eigenvalue weighted by Crippen LogP contribution is 2.20. The van der Waals surface area contributed by atoms with Crippen LogP contribution in [0.1, 0.15) is 19.8 Å². The Labute approximate surface area is 134 Å². The van der Waals surface area contributed by atoms with E-state index in [0.717, 1.165) is 12.8 Å². The minimum absolute atomic E-state index is 0.0320. The maximum atomic E-state index is 12.1. The summed E-state index contributed by atoms with van der Waals surface area (Å²) >= 11 is 5.84. The predicted molar refractivity (Wildman–Crippen MR) is 81.2 cm³/mol. The van der Waals surface area contributed by atoms with Crippen LogP contribution in [0.4, 0.5) is 0 Å². The second kappa shape index (κ2) is 7.41. The van der Waals surface area contributed by atoms with Gasteiger partial charge in [0.15, 0.2) is 0 Å². The zero-order valence-corrected chi connectivity index (χ0v) is 13.7. The van der Waals surface area contributed by atoms with Crippen molar-refractivity contribution < 1.29 is 22.7 Å². The third kappa shape index (κ3) is 4.42. The Morgan fingerprint density at radius 3 is 2.86 bits per heavy atom. The highest BCUT2D eigenvalue weighted by atomic mass is 35.5. The summed E-state index contributed by atoms with van der Waals surface area (Å²) in [6, 6.07) is 5.91. The number of hydrogen-bond donors (Lipinski definition) is 1. The van der Waals surface area contributed by atoms with Gasteiger partial charge in [0, 0.05) is 6.61 Å². The molecule has 22 heavy (non-hydrogen) atoms. The third-order valence-electron chi connectivity index (χ3n) is 3.29. The van der Waals surface area contributed by atoms with Gasteiger partial charge in [0.2, 0.25) is 0 Å². The quantitative estimate of drug-likeness (QED) is 0.847. The van der Waals surface area contributed by atoms with Crippen LogP contribution in [0.15, 0.2) is 29.2 Å². The molecule has 1 aromatic rings. The zero-order chi connectivity index (χ0) is 16.2. The third-order valence-corrected chi connectivity index (χ3v) is 5.13. The van der Waals surface area contributed by atoms with Gasteiger partial charge in [-0.1, -0.05) is 23.7 Å². The standard InChI is InChI=1S/C14H18ClNO5S/c1-10(21-9-11-5-4-8-20-11)14(17)16-22(18,19)13-7-3-2-6-12(13)15/h2-3,6-7,10-11H,4-5,8-9H2,1H3,(H,16,17)/t10-,11+/m1/s1. The molecule has 1 aromatic carbocycles. The Bertz CT molecular complexity index is 628. The minimum atomic E-state index is -4.02. The van der Waals surface area contributed by atoms with Gasteiger partial charge in [0.05, 0.1) is 17.7 Å². The Hall–Kier alpha value is -1.15. The van der Waals surface area contributed by atoms with E-state index in [1.807, 2.05) is 4.72 Å². The number of amides is 1. The average molecular weight is 348 g/mol. The molecular formula is C14H18ClNO5S. The Morgan fingerprint density at radius 2 is 2.23 bits per heavy atom. The smallest absolute Gasteiger partial charge is 0.265 e. The topological polar surface area (TPSA) is 81.7 Å². The number of ether oxygens (including phenoxy) is 2. The van der Waals surface area contributed by atoms with E-state index in [0.29, 0.717) is 6.61 Å². The summed E-state index contributed by atoms with van der Waals surface area (Å²) in [7, 11) is -4.02. The van der Waals surface area contributed by atoms with Crippen molar-refractivity contribution in [2.24, 2.45) is 0 Å². The normalized spacial score (nSPS) is 19.8. The van der Waals surface area contributed by atoms with Gasteiger partial charge in [-0.25, -0.2) is 13.1 Å². The van der Waals surface area contributed by atoms with E-state index in [1.165, 1.54) is 25.1 Å². The fraction of sp³-hybridized carbons (Fsp3) is 0.500. The molecule has 1 fully saturated rings. The number of carbonyl (C=O) groups is 1. The molecule has 0 bridgehead atoms. The van der Waals surface area contributed by atoms with Crippen LogP contribution >= 0.6 is 11.6 Å². The van der Waals surface area contributed by atoms with Crippen LogP contribution in [0, 0.1) is 0 Å². The van der Waals surface area contributed by atoms with Crippen molar-refractivity contribution in [3.8, 4) is 0 Å². The molecule has 1 amide bonds. The van der Waals surface area contributed by atoms with Gasteiger partial charge in [-0.15, -0.1) is 0 Å². The Kier molecular flexibility index (Phi) is 5.80. The summed E-state index contributed by atoms with van der Waals surface area (Å²) in [5.74, 6) is -0.738. The van der Waals surface area contributed by atoms with Crippen LogP contribution in [0.5, 0.6) is 0 Å². The number of rotatable bonds is 6. The predicted octanol–water partition coefficient (Wildman–Crippen LogP) is 1.73. The second-order valence-corrected chi connectivity index (χ2v) is 7.07. The maximum absolute atomic E-state index is 12.1. The molecule has 6 nitrogen and oxygen atoms in total. The number of sulfonamides is 1. The highest BCUT2D eigenvalue weighted by molar-refractivity contribution is 7.90. The van der Waals surface area contributed by atoms with Crippen LogP contribution in [-0.4, -0.2) is 39.7 Å². The van der Waals surface area contributed by atoms with Crippen molar-refractivity contribution in [3.05, 3.63) is 29.3 Å². The molecule has 0 saturated carbocycles. The molecule has 1 N–H and O–H groups in total. The Morgan fingerprint density at radius 1 is 1.50 bits per heavy atom. The molecule has 0 aromatic heterocycles. The van der Waals surface area contributed by atoms with E-state index < -0.39 is 22.0 Å². The molecule has 0 unspecified atom stereocenters. The minimum Gasteiger partial charge on any atom is -0.376 e. The monoisotopic (exact) mass is 347 g/mol. The summed E-state index contributed by atoms with van der Waals surface area (Å²) in [6.07, 6.45) is 0.916. The molecule has 2 rings (SSSR count). The van der Waals surface area contributed by atoms with Crippen molar-refractivity contribution in [1.29, 1.82) is 0 Å². The van der Waals surface area contributed by atoms with E-state index in [4.69, 9.17) is 21.1 Å². The fourth-order valence-electron chi connectivity index (χ4n) is 2.04. The molecule has 1 saturated heterocycles. The molecule has 0 aliphatic carbocycles. The van der Waals surface area contributed by atoms with E-state index in [-0.39, 0.29) is 22.6 Å². The molecule has 1 heterocycles. The van der Waals surface area contributed by atoms with E-state index in [2.05, 4.69) is 0 Å². The SMILES string of the molecule is C[C@@H](OC[C@@H]1CCCO1)C(=O)NS(=O)(=O)c1ccccc1Cl. The lowest BCUT2D eigenvalue weighted by molar-refractivity contribution is -0.131. The molecule has 1 aliphatic heterocycles.